The number of benzene rings is 1. The van der Waals surface area contributed by atoms with Crippen molar-refractivity contribution in [1.29, 1.82) is 0 Å². The topological polar surface area (TPSA) is 55.1 Å². The first-order valence-electron chi connectivity index (χ1n) is 5.46. The molecule has 0 unspecified atom stereocenters. The number of imidazole rings is 1. The number of hydrogen-bond acceptors (Lipinski definition) is 3. The van der Waals surface area contributed by atoms with Crippen LogP contribution in [0.1, 0.15) is 17.5 Å². The number of aliphatic hydroxyl groups is 1. The summed E-state index contributed by atoms with van der Waals surface area (Å²) in [6.45, 7) is 2.05. The first-order chi connectivity index (χ1) is 8.20. The van der Waals surface area contributed by atoms with Gasteiger partial charge in [0.05, 0.1) is 11.8 Å². The van der Waals surface area contributed by atoms with E-state index in [1.807, 2.05) is 30.3 Å². The van der Waals surface area contributed by atoms with E-state index in [0.29, 0.717) is 18.7 Å². The highest BCUT2D eigenvalue weighted by molar-refractivity contribution is 5.72. The summed E-state index contributed by atoms with van der Waals surface area (Å²) in [5.74, 6) is 0.338. The SMILES string of the molecule is C[C@@H](O)Cn1cc(-c2ccccc2)nc1C=O. The molecule has 1 atom stereocenters. The Morgan fingerprint density at radius 3 is 2.71 bits per heavy atom. The van der Waals surface area contributed by atoms with Gasteiger partial charge in [-0.05, 0) is 6.92 Å². The van der Waals surface area contributed by atoms with Crippen LogP contribution in [0.3, 0.4) is 0 Å². The number of aldehydes is 1. The minimum absolute atomic E-state index is 0.338. The number of hydrogen-bond donors (Lipinski definition) is 1. The molecule has 2 rings (SSSR count). The van der Waals surface area contributed by atoms with Gasteiger partial charge in [-0.3, -0.25) is 4.79 Å². The second-order valence-corrected chi connectivity index (χ2v) is 3.97. The van der Waals surface area contributed by atoms with Crippen molar-refractivity contribution in [3.63, 3.8) is 0 Å². The summed E-state index contributed by atoms with van der Waals surface area (Å²) in [5, 5.41) is 9.34. The second-order valence-electron chi connectivity index (χ2n) is 3.97. The maximum Gasteiger partial charge on any atom is 0.185 e. The third-order valence-corrected chi connectivity index (χ3v) is 2.44. The minimum Gasteiger partial charge on any atom is -0.392 e. The van der Waals surface area contributed by atoms with E-state index in [-0.39, 0.29) is 0 Å². The number of carbonyl (C=O) groups excluding carboxylic acids is 1. The third kappa shape index (κ3) is 2.60. The van der Waals surface area contributed by atoms with Gasteiger partial charge in [-0.1, -0.05) is 30.3 Å². The number of carbonyl (C=O) groups is 1. The molecule has 0 bridgehead atoms. The lowest BCUT2D eigenvalue weighted by molar-refractivity contribution is 0.110. The Labute approximate surface area is 99.5 Å². The van der Waals surface area contributed by atoms with Crippen LogP contribution >= 0.6 is 0 Å². The van der Waals surface area contributed by atoms with E-state index in [0.717, 1.165) is 11.3 Å². The summed E-state index contributed by atoms with van der Waals surface area (Å²) in [6, 6.07) is 9.64. The van der Waals surface area contributed by atoms with Crippen LogP contribution in [0, 0.1) is 0 Å². The van der Waals surface area contributed by atoms with E-state index in [1.54, 1.807) is 17.7 Å². The fraction of sp³-hybridized carbons (Fsp3) is 0.231. The van der Waals surface area contributed by atoms with Crippen LogP contribution in [0.5, 0.6) is 0 Å². The summed E-state index contributed by atoms with van der Waals surface area (Å²) in [7, 11) is 0. The van der Waals surface area contributed by atoms with Gasteiger partial charge in [-0.25, -0.2) is 4.98 Å². The molecule has 0 radical (unpaired) electrons. The fourth-order valence-electron chi connectivity index (χ4n) is 1.70. The van der Waals surface area contributed by atoms with Gasteiger partial charge in [0.25, 0.3) is 0 Å². The van der Waals surface area contributed by atoms with Gasteiger partial charge in [0.15, 0.2) is 12.1 Å². The first-order valence-corrected chi connectivity index (χ1v) is 5.46. The molecule has 0 fully saturated rings. The predicted octanol–water partition coefficient (Wildman–Crippen LogP) is 1.74. The molecule has 0 aliphatic rings. The highest BCUT2D eigenvalue weighted by Crippen LogP contribution is 2.17. The molecule has 1 aromatic carbocycles. The van der Waals surface area contributed by atoms with Crippen molar-refractivity contribution in [2.75, 3.05) is 0 Å². The lowest BCUT2D eigenvalue weighted by atomic mass is 10.2. The number of aromatic nitrogens is 2. The van der Waals surface area contributed by atoms with Crippen LogP contribution in [0.25, 0.3) is 11.3 Å². The molecule has 1 aromatic heterocycles. The molecule has 0 saturated heterocycles. The monoisotopic (exact) mass is 230 g/mol. The molecule has 0 amide bonds. The van der Waals surface area contributed by atoms with Crippen molar-refractivity contribution in [2.24, 2.45) is 0 Å². The second kappa shape index (κ2) is 4.93. The molecule has 2 aromatic rings. The van der Waals surface area contributed by atoms with Crippen LogP contribution in [-0.2, 0) is 6.54 Å². The van der Waals surface area contributed by atoms with Crippen LogP contribution in [0.15, 0.2) is 36.5 Å². The summed E-state index contributed by atoms with van der Waals surface area (Å²) in [4.78, 5) is 15.1. The fourth-order valence-corrected chi connectivity index (χ4v) is 1.70. The normalized spacial score (nSPS) is 12.4. The van der Waals surface area contributed by atoms with E-state index in [1.165, 1.54) is 0 Å². The molecule has 4 nitrogen and oxygen atoms in total. The number of rotatable bonds is 4. The van der Waals surface area contributed by atoms with Gasteiger partial charge in [0.1, 0.15) is 0 Å². The highest BCUT2D eigenvalue weighted by Gasteiger charge is 2.09. The maximum atomic E-state index is 10.9. The zero-order valence-electron chi connectivity index (χ0n) is 9.58. The average Bonchev–Trinajstić information content (AvgIpc) is 2.72. The molecular formula is C13H14N2O2. The lowest BCUT2D eigenvalue weighted by Gasteiger charge is -2.05. The van der Waals surface area contributed by atoms with Crippen LogP contribution in [-0.4, -0.2) is 27.0 Å². The molecule has 0 aliphatic heterocycles. The molecule has 1 heterocycles. The summed E-state index contributed by atoms with van der Waals surface area (Å²) in [5.41, 5.74) is 1.70. The van der Waals surface area contributed by atoms with Gasteiger partial charge in [0, 0.05) is 18.3 Å². The number of nitrogens with zero attached hydrogens (tertiary/aromatic N) is 2. The van der Waals surface area contributed by atoms with Crippen molar-refractivity contribution in [3.05, 3.63) is 42.4 Å². The Hall–Kier alpha value is -1.94. The van der Waals surface area contributed by atoms with E-state index in [4.69, 9.17) is 0 Å². The lowest BCUT2D eigenvalue weighted by Crippen LogP contribution is -2.13. The van der Waals surface area contributed by atoms with Gasteiger partial charge in [0.2, 0.25) is 0 Å². The van der Waals surface area contributed by atoms with E-state index in [2.05, 4.69) is 4.98 Å². The maximum absolute atomic E-state index is 10.9. The molecule has 0 saturated carbocycles. The van der Waals surface area contributed by atoms with E-state index >= 15 is 0 Å². The van der Waals surface area contributed by atoms with Crippen molar-refractivity contribution in [1.82, 2.24) is 9.55 Å². The van der Waals surface area contributed by atoms with Gasteiger partial charge in [-0.2, -0.15) is 0 Å². The summed E-state index contributed by atoms with van der Waals surface area (Å²) < 4.78 is 1.67. The molecule has 0 spiro atoms. The van der Waals surface area contributed by atoms with Crippen molar-refractivity contribution in [3.8, 4) is 11.3 Å². The summed E-state index contributed by atoms with van der Waals surface area (Å²) >= 11 is 0. The zero-order chi connectivity index (χ0) is 12.3. The van der Waals surface area contributed by atoms with Crippen LogP contribution in [0.4, 0.5) is 0 Å². The highest BCUT2D eigenvalue weighted by atomic mass is 16.3. The summed E-state index contributed by atoms with van der Waals surface area (Å²) in [6.07, 6.45) is 1.98. The molecule has 1 N–H and O–H groups in total. The van der Waals surface area contributed by atoms with Gasteiger partial charge < -0.3 is 9.67 Å². The molecular weight excluding hydrogens is 216 g/mol. The largest absolute Gasteiger partial charge is 0.392 e. The molecule has 17 heavy (non-hydrogen) atoms. The van der Waals surface area contributed by atoms with Gasteiger partial charge >= 0.3 is 0 Å². The minimum atomic E-state index is -0.508. The van der Waals surface area contributed by atoms with E-state index in [9.17, 15) is 9.90 Å². The molecule has 88 valence electrons. The Kier molecular flexibility index (Phi) is 3.35. The average molecular weight is 230 g/mol. The van der Waals surface area contributed by atoms with E-state index < -0.39 is 6.10 Å². The van der Waals surface area contributed by atoms with Crippen LogP contribution < -0.4 is 0 Å². The third-order valence-electron chi connectivity index (χ3n) is 2.44. The van der Waals surface area contributed by atoms with Crippen molar-refractivity contribution < 1.29 is 9.90 Å². The van der Waals surface area contributed by atoms with Crippen LogP contribution in [0.2, 0.25) is 0 Å². The Bertz CT molecular complexity index is 503. The predicted molar refractivity (Wildman–Crippen MR) is 64.7 cm³/mol. The quantitative estimate of drug-likeness (QED) is 0.814. The van der Waals surface area contributed by atoms with Gasteiger partial charge in [-0.15, -0.1) is 0 Å². The molecule has 0 aliphatic carbocycles. The molecule has 4 heteroatoms. The first kappa shape index (κ1) is 11.5. The Morgan fingerprint density at radius 2 is 2.12 bits per heavy atom. The Balaban J connectivity index is 2.37. The van der Waals surface area contributed by atoms with Crippen molar-refractivity contribution >= 4 is 6.29 Å². The zero-order valence-corrected chi connectivity index (χ0v) is 9.58. The standard InChI is InChI=1S/C13H14N2O2/c1-10(17)7-15-8-12(14-13(15)9-16)11-5-3-2-4-6-11/h2-6,8-10,17H,7H2,1H3/t10-/m1/s1. The Morgan fingerprint density at radius 1 is 1.41 bits per heavy atom. The smallest absolute Gasteiger partial charge is 0.185 e. The van der Waals surface area contributed by atoms with Crippen molar-refractivity contribution in [2.45, 2.75) is 19.6 Å². The number of aliphatic hydroxyl groups excluding tert-OH is 1.